The van der Waals surface area contributed by atoms with Gasteiger partial charge in [0.15, 0.2) is 11.0 Å². The standard InChI is InChI=1S/C20H22ClN5O3S2/c1-4-26-19(14-6-5-7-15(21)10-14)24-25-20(26)30-12-18(27)23-16-9-8-13(2)17(11-16)31(28,29)22-3/h5-11,22H,4,12H2,1-3H3,(H,23,27). The second-order valence-corrected chi connectivity index (χ2v) is 9.82. The Bertz CT molecular complexity index is 1210. The highest BCUT2D eigenvalue weighted by molar-refractivity contribution is 7.99. The fourth-order valence-electron chi connectivity index (χ4n) is 2.93. The van der Waals surface area contributed by atoms with E-state index in [2.05, 4.69) is 20.2 Å². The van der Waals surface area contributed by atoms with E-state index in [-0.39, 0.29) is 16.6 Å². The summed E-state index contributed by atoms with van der Waals surface area (Å²) in [7, 11) is -2.27. The van der Waals surface area contributed by atoms with E-state index in [1.54, 1.807) is 25.1 Å². The summed E-state index contributed by atoms with van der Waals surface area (Å²) < 4.78 is 28.5. The summed E-state index contributed by atoms with van der Waals surface area (Å²) in [5.74, 6) is 0.486. The minimum absolute atomic E-state index is 0.0929. The fourth-order valence-corrected chi connectivity index (χ4v) is 4.91. The number of carbonyl (C=O) groups is 1. The van der Waals surface area contributed by atoms with Crippen LogP contribution in [0.5, 0.6) is 0 Å². The maximum atomic E-state index is 12.5. The van der Waals surface area contributed by atoms with Crippen molar-refractivity contribution in [2.75, 3.05) is 18.1 Å². The first-order valence-electron chi connectivity index (χ1n) is 9.41. The Balaban J connectivity index is 1.71. The van der Waals surface area contributed by atoms with E-state index in [1.165, 1.54) is 24.9 Å². The topological polar surface area (TPSA) is 106 Å². The van der Waals surface area contributed by atoms with Crippen LogP contribution in [0.4, 0.5) is 5.69 Å². The van der Waals surface area contributed by atoms with Gasteiger partial charge in [0.05, 0.1) is 10.6 Å². The number of anilines is 1. The van der Waals surface area contributed by atoms with E-state index >= 15 is 0 Å². The van der Waals surface area contributed by atoms with Crippen molar-refractivity contribution in [2.45, 2.75) is 30.4 Å². The van der Waals surface area contributed by atoms with Crippen LogP contribution < -0.4 is 10.0 Å². The van der Waals surface area contributed by atoms with Crippen molar-refractivity contribution in [3.05, 3.63) is 53.1 Å². The number of sulfonamides is 1. The number of rotatable bonds is 8. The fraction of sp³-hybridized carbons (Fsp3) is 0.250. The lowest BCUT2D eigenvalue weighted by Gasteiger charge is -2.11. The molecular formula is C20H22ClN5O3S2. The van der Waals surface area contributed by atoms with Gasteiger partial charge < -0.3 is 9.88 Å². The molecule has 11 heteroatoms. The van der Waals surface area contributed by atoms with Gasteiger partial charge in [-0.3, -0.25) is 4.79 Å². The van der Waals surface area contributed by atoms with Gasteiger partial charge in [-0.25, -0.2) is 13.1 Å². The van der Waals surface area contributed by atoms with Gasteiger partial charge in [-0.1, -0.05) is 41.6 Å². The Morgan fingerprint density at radius 3 is 2.65 bits per heavy atom. The molecule has 0 atom stereocenters. The van der Waals surface area contributed by atoms with Gasteiger partial charge in [0, 0.05) is 22.8 Å². The molecule has 0 unspecified atom stereocenters. The molecule has 0 aliphatic carbocycles. The molecule has 3 rings (SSSR count). The Morgan fingerprint density at radius 1 is 1.19 bits per heavy atom. The van der Waals surface area contributed by atoms with Crippen LogP contribution in [-0.2, 0) is 21.4 Å². The average Bonchev–Trinajstić information content (AvgIpc) is 3.16. The molecule has 0 bridgehead atoms. The number of nitrogens with zero attached hydrogens (tertiary/aromatic N) is 3. The highest BCUT2D eigenvalue weighted by atomic mass is 35.5. The minimum Gasteiger partial charge on any atom is -0.325 e. The molecule has 2 aromatic carbocycles. The van der Waals surface area contributed by atoms with Crippen molar-refractivity contribution < 1.29 is 13.2 Å². The number of aromatic nitrogens is 3. The summed E-state index contributed by atoms with van der Waals surface area (Å²) >= 11 is 7.33. The quantitative estimate of drug-likeness (QED) is 0.478. The number of hydrogen-bond acceptors (Lipinski definition) is 6. The number of benzene rings is 2. The third-order valence-electron chi connectivity index (χ3n) is 4.48. The van der Waals surface area contributed by atoms with Crippen LogP contribution in [0.1, 0.15) is 12.5 Å². The van der Waals surface area contributed by atoms with Gasteiger partial charge in [0.25, 0.3) is 0 Å². The first kappa shape index (κ1) is 23.3. The molecule has 0 saturated carbocycles. The summed E-state index contributed by atoms with van der Waals surface area (Å²) in [5, 5.41) is 12.4. The second kappa shape index (κ2) is 9.82. The monoisotopic (exact) mass is 479 g/mol. The number of thioether (sulfide) groups is 1. The lowest BCUT2D eigenvalue weighted by atomic mass is 10.2. The number of aryl methyl sites for hydroxylation is 1. The zero-order chi connectivity index (χ0) is 22.6. The predicted molar refractivity (Wildman–Crippen MR) is 123 cm³/mol. The zero-order valence-electron chi connectivity index (χ0n) is 17.2. The molecule has 3 aromatic rings. The van der Waals surface area contributed by atoms with Gasteiger partial charge >= 0.3 is 0 Å². The first-order valence-corrected chi connectivity index (χ1v) is 12.3. The van der Waals surface area contributed by atoms with Gasteiger partial charge in [-0.05, 0) is 50.7 Å². The van der Waals surface area contributed by atoms with Crippen LogP contribution in [0.15, 0.2) is 52.5 Å². The van der Waals surface area contributed by atoms with E-state index < -0.39 is 10.0 Å². The lowest BCUT2D eigenvalue weighted by Crippen LogP contribution is -2.20. The smallest absolute Gasteiger partial charge is 0.240 e. The van der Waals surface area contributed by atoms with E-state index in [0.29, 0.717) is 33.8 Å². The maximum Gasteiger partial charge on any atom is 0.240 e. The van der Waals surface area contributed by atoms with Crippen molar-refractivity contribution in [1.29, 1.82) is 0 Å². The van der Waals surface area contributed by atoms with Crippen molar-refractivity contribution in [3.8, 4) is 11.4 Å². The summed E-state index contributed by atoms with van der Waals surface area (Å²) in [4.78, 5) is 12.6. The van der Waals surface area contributed by atoms with Crippen molar-refractivity contribution >= 4 is 45.0 Å². The molecule has 0 fully saturated rings. The van der Waals surface area contributed by atoms with Crippen LogP contribution in [-0.4, -0.2) is 41.9 Å². The zero-order valence-corrected chi connectivity index (χ0v) is 19.6. The van der Waals surface area contributed by atoms with Crippen molar-refractivity contribution in [1.82, 2.24) is 19.5 Å². The number of halogens is 1. The Morgan fingerprint density at radius 2 is 1.97 bits per heavy atom. The largest absolute Gasteiger partial charge is 0.325 e. The lowest BCUT2D eigenvalue weighted by molar-refractivity contribution is -0.113. The van der Waals surface area contributed by atoms with E-state index in [0.717, 1.165) is 5.56 Å². The normalized spacial score (nSPS) is 11.5. The number of carbonyl (C=O) groups excluding carboxylic acids is 1. The van der Waals surface area contributed by atoms with Gasteiger partial charge in [-0.15, -0.1) is 10.2 Å². The van der Waals surface area contributed by atoms with Crippen LogP contribution in [0.2, 0.25) is 5.02 Å². The first-order chi connectivity index (χ1) is 14.7. The van der Waals surface area contributed by atoms with Crippen LogP contribution >= 0.6 is 23.4 Å². The minimum atomic E-state index is -3.62. The van der Waals surface area contributed by atoms with Crippen LogP contribution in [0, 0.1) is 6.92 Å². The molecule has 1 aromatic heterocycles. The highest BCUT2D eigenvalue weighted by Crippen LogP contribution is 2.26. The van der Waals surface area contributed by atoms with Gasteiger partial charge in [-0.2, -0.15) is 0 Å². The molecule has 0 aliphatic rings. The Hall–Kier alpha value is -2.40. The average molecular weight is 480 g/mol. The Kier molecular flexibility index (Phi) is 7.37. The van der Waals surface area contributed by atoms with Gasteiger partial charge in [0.1, 0.15) is 0 Å². The van der Waals surface area contributed by atoms with Crippen molar-refractivity contribution in [2.24, 2.45) is 0 Å². The molecule has 1 heterocycles. The Labute approximate surface area is 190 Å². The molecule has 164 valence electrons. The SMILES string of the molecule is CCn1c(SCC(=O)Nc2ccc(C)c(S(=O)(=O)NC)c2)nnc1-c1cccc(Cl)c1. The summed E-state index contributed by atoms with van der Waals surface area (Å²) in [6, 6.07) is 12.1. The number of amides is 1. The van der Waals surface area contributed by atoms with Gasteiger partial charge in [0.2, 0.25) is 15.9 Å². The van der Waals surface area contributed by atoms with E-state index in [9.17, 15) is 13.2 Å². The summed E-state index contributed by atoms with van der Waals surface area (Å²) in [6.45, 7) is 4.29. The van der Waals surface area contributed by atoms with E-state index in [4.69, 9.17) is 11.6 Å². The highest BCUT2D eigenvalue weighted by Gasteiger charge is 2.17. The molecule has 0 radical (unpaired) electrons. The summed E-state index contributed by atoms with van der Waals surface area (Å²) in [5.41, 5.74) is 1.84. The van der Waals surface area contributed by atoms with Crippen molar-refractivity contribution in [3.63, 3.8) is 0 Å². The molecule has 0 spiro atoms. The molecule has 8 nitrogen and oxygen atoms in total. The molecule has 0 saturated heterocycles. The number of nitrogens with one attached hydrogen (secondary N) is 2. The van der Waals surface area contributed by atoms with Crippen LogP contribution in [0.3, 0.4) is 0 Å². The third-order valence-corrected chi connectivity index (χ3v) is 7.24. The van der Waals surface area contributed by atoms with Crippen LogP contribution in [0.25, 0.3) is 11.4 Å². The summed E-state index contributed by atoms with van der Waals surface area (Å²) in [6.07, 6.45) is 0. The third kappa shape index (κ3) is 5.45. The molecule has 31 heavy (non-hydrogen) atoms. The number of hydrogen-bond donors (Lipinski definition) is 2. The molecule has 0 aliphatic heterocycles. The second-order valence-electron chi connectivity index (χ2n) is 6.59. The molecular weight excluding hydrogens is 458 g/mol. The maximum absolute atomic E-state index is 12.5. The predicted octanol–water partition coefficient (Wildman–Crippen LogP) is 3.57. The molecule has 1 amide bonds. The van der Waals surface area contributed by atoms with E-state index in [1.807, 2.05) is 29.7 Å². The molecule has 2 N–H and O–H groups in total.